The van der Waals surface area contributed by atoms with E-state index in [0.29, 0.717) is 4.90 Å². The number of rotatable bonds is 6. The number of carbonyl (C=O) groups is 1. The van der Waals surface area contributed by atoms with E-state index in [1.54, 1.807) is 0 Å². The molecule has 0 aromatic rings. The number of ether oxygens (including phenoxy) is 1. The molecule has 0 saturated carbocycles. The third-order valence-corrected chi connectivity index (χ3v) is 1.83. The summed E-state index contributed by atoms with van der Waals surface area (Å²) in [6, 6.07) is 0. The van der Waals surface area contributed by atoms with Crippen molar-refractivity contribution in [3.05, 3.63) is 12.7 Å². The number of amides is 1. The van der Waals surface area contributed by atoms with Gasteiger partial charge in [0.1, 0.15) is 0 Å². The van der Waals surface area contributed by atoms with Gasteiger partial charge in [-0.3, -0.25) is 4.79 Å². The molecule has 0 atom stereocenters. The van der Waals surface area contributed by atoms with Gasteiger partial charge in [0.15, 0.2) is 0 Å². The number of hydrogen-bond donors (Lipinski definition) is 0. The molecule has 0 aliphatic heterocycles. The Morgan fingerprint density at radius 2 is 1.88 bits per heavy atom. The van der Waals surface area contributed by atoms with Crippen molar-refractivity contribution in [3.8, 4) is 0 Å². The van der Waals surface area contributed by atoms with Crippen molar-refractivity contribution < 1.29 is 31.5 Å². The molecule has 0 N–H and O–H groups in total. The highest BCUT2D eigenvalue weighted by molar-refractivity contribution is 5.84. The minimum Gasteiger partial charge on any atom is -0.383 e. The van der Waals surface area contributed by atoms with Crippen molar-refractivity contribution >= 4 is 5.91 Å². The van der Waals surface area contributed by atoms with Crippen molar-refractivity contribution in [3.63, 3.8) is 0 Å². The third-order valence-electron chi connectivity index (χ3n) is 1.83. The molecule has 17 heavy (non-hydrogen) atoms. The third kappa shape index (κ3) is 3.95. The second-order valence-corrected chi connectivity index (χ2v) is 3.10. The predicted molar refractivity (Wildman–Crippen MR) is 49.7 cm³/mol. The maximum atomic E-state index is 12.7. The minimum absolute atomic E-state index is 0.145. The Bertz CT molecular complexity index is 277. The Morgan fingerprint density at radius 3 is 2.24 bits per heavy atom. The number of alkyl halides is 5. The van der Waals surface area contributed by atoms with Crippen LogP contribution in [0.1, 0.15) is 0 Å². The first-order chi connectivity index (χ1) is 7.68. The highest BCUT2D eigenvalue weighted by Crippen LogP contribution is 2.36. The molecule has 3 nitrogen and oxygen atoms in total. The van der Waals surface area contributed by atoms with Gasteiger partial charge >= 0.3 is 18.0 Å². The lowest BCUT2D eigenvalue weighted by molar-refractivity contribution is -0.274. The van der Waals surface area contributed by atoms with Crippen LogP contribution in [0.3, 0.4) is 0 Å². The van der Waals surface area contributed by atoms with E-state index in [0.717, 1.165) is 6.08 Å². The van der Waals surface area contributed by atoms with Crippen molar-refractivity contribution in [2.24, 2.45) is 0 Å². The van der Waals surface area contributed by atoms with Gasteiger partial charge in [-0.1, -0.05) is 6.08 Å². The molecule has 100 valence electrons. The van der Waals surface area contributed by atoms with Crippen LogP contribution in [0.5, 0.6) is 0 Å². The van der Waals surface area contributed by atoms with Crippen LogP contribution in [-0.2, 0) is 9.53 Å². The average molecular weight is 261 g/mol. The van der Waals surface area contributed by atoms with Gasteiger partial charge in [0, 0.05) is 20.2 Å². The molecule has 0 saturated heterocycles. The SMILES string of the molecule is C=CCN(CCOC)C(=O)C(F)(F)C(F)(F)F. The fourth-order valence-electron chi connectivity index (χ4n) is 0.953. The molecule has 0 aliphatic carbocycles. The predicted octanol–water partition coefficient (Wildman–Crippen LogP) is 1.85. The maximum absolute atomic E-state index is 12.7. The first kappa shape index (κ1) is 15.8. The molecule has 0 heterocycles. The van der Waals surface area contributed by atoms with Crippen molar-refractivity contribution in [2.45, 2.75) is 12.1 Å². The lowest BCUT2D eigenvalue weighted by atomic mass is 10.2. The summed E-state index contributed by atoms with van der Waals surface area (Å²) in [6.07, 6.45) is -4.85. The zero-order valence-corrected chi connectivity index (χ0v) is 9.06. The van der Waals surface area contributed by atoms with Crippen LogP contribution in [0.2, 0.25) is 0 Å². The number of methoxy groups -OCH3 is 1. The first-order valence-corrected chi connectivity index (χ1v) is 4.52. The van der Waals surface area contributed by atoms with Crippen molar-refractivity contribution in [2.75, 3.05) is 26.8 Å². The highest BCUT2D eigenvalue weighted by Gasteiger charge is 2.64. The Balaban J connectivity index is 4.87. The molecule has 0 spiro atoms. The van der Waals surface area contributed by atoms with E-state index in [4.69, 9.17) is 0 Å². The quantitative estimate of drug-likeness (QED) is 0.539. The Hall–Kier alpha value is -1.18. The Morgan fingerprint density at radius 1 is 1.35 bits per heavy atom. The normalized spacial score (nSPS) is 12.4. The summed E-state index contributed by atoms with van der Waals surface area (Å²) in [6.45, 7) is 2.25. The summed E-state index contributed by atoms with van der Waals surface area (Å²) < 4.78 is 65.8. The second kappa shape index (κ2) is 5.95. The summed E-state index contributed by atoms with van der Waals surface area (Å²) in [5, 5.41) is 0. The second-order valence-electron chi connectivity index (χ2n) is 3.10. The molecule has 0 unspecified atom stereocenters. The van der Waals surface area contributed by atoms with Gasteiger partial charge in [0.2, 0.25) is 0 Å². The standard InChI is InChI=1S/C9H12F5NO2/c1-3-4-15(5-6-17-2)7(16)8(10,11)9(12,13)14/h3H,1,4-6H2,2H3. The fraction of sp³-hybridized carbons (Fsp3) is 0.667. The minimum atomic E-state index is -5.91. The van der Waals surface area contributed by atoms with E-state index < -0.39 is 24.6 Å². The molecular weight excluding hydrogens is 249 g/mol. The Kier molecular flexibility index (Phi) is 5.53. The summed E-state index contributed by atoms with van der Waals surface area (Å²) in [5.74, 6) is -7.70. The van der Waals surface area contributed by atoms with Gasteiger partial charge in [-0.05, 0) is 0 Å². The van der Waals surface area contributed by atoms with E-state index in [2.05, 4.69) is 11.3 Å². The van der Waals surface area contributed by atoms with Gasteiger partial charge < -0.3 is 9.64 Å². The van der Waals surface area contributed by atoms with E-state index in [1.165, 1.54) is 7.11 Å². The lowest BCUT2D eigenvalue weighted by Crippen LogP contribution is -2.52. The fourth-order valence-corrected chi connectivity index (χ4v) is 0.953. The van der Waals surface area contributed by atoms with Crippen molar-refractivity contribution in [1.82, 2.24) is 4.90 Å². The van der Waals surface area contributed by atoms with Crippen LogP contribution < -0.4 is 0 Å². The van der Waals surface area contributed by atoms with Gasteiger partial charge in [-0.15, -0.1) is 6.58 Å². The lowest BCUT2D eigenvalue weighted by Gasteiger charge is -2.26. The van der Waals surface area contributed by atoms with E-state index in [-0.39, 0.29) is 13.2 Å². The van der Waals surface area contributed by atoms with E-state index in [1.807, 2.05) is 0 Å². The van der Waals surface area contributed by atoms with Gasteiger partial charge in [0.05, 0.1) is 6.61 Å². The number of hydrogen-bond acceptors (Lipinski definition) is 2. The van der Waals surface area contributed by atoms with Crippen molar-refractivity contribution in [1.29, 1.82) is 0 Å². The molecule has 1 amide bonds. The summed E-state index contributed by atoms with van der Waals surface area (Å²) in [5.41, 5.74) is 0. The molecule has 0 bridgehead atoms. The van der Waals surface area contributed by atoms with Crippen LogP contribution in [0.4, 0.5) is 22.0 Å². The summed E-state index contributed by atoms with van der Waals surface area (Å²) >= 11 is 0. The summed E-state index contributed by atoms with van der Waals surface area (Å²) in [7, 11) is 1.23. The van der Waals surface area contributed by atoms with Crippen LogP contribution in [0, 0.1) is 0 Å². The number of carbonyl (C=O) groups excluding carboxylic acids is 1. The first-order valence-electron chi connectivity index (χ1n) is 4.52. The molecule has 0 aromatic heterocycles. The van der Waals surface area contributed by atoms with Crippen LogP contribution >= 0.6 is 0 Å². The van der Waals surface area contributed by atoms with Crippen LogP contribution in [0.15, 0.2) is 12.7 Å². The van der Waals surface area contributed by atoms with Gasteiger partial charge in [-0.25, -0.2) is 0 Å². The molecule has 0 aliphatic rings. The zero-order valence-electron chi connectivity index (χ0n) is 9.06. The van der Waals surface area contributed by atoms with Gasteiger partial charge in [-0.2, -0.15) is 22.0 Å². The monoisotopic (exact) mass is 261 g/mol. The molecule has 0 aromatic carbocycles. The Labute approximate surface area is 94.8 Å². The van der Waals surface area contributed by atoms with Crippen LogP contribution in [0.25, 0.3) is 0 Å². The average Bonchev–Trinajstić information content (AvgIpc) is 2.21. The van der Waals surface area contributed by atoms with E-state index >= 15 is 0 Å². The molecule has 0 radical (unpaired) electrons. The molecular formula is C9H12F5NO2. The largest absolute Gasteiger partial charge is 0.463 e. The molecule has 8 heteroatoms. The number of nitrogens with zero attached hydrogens (tertiary/aromatic N) is 1. The molecule has 0 fully saturated rings. The number of halogens is 5. The smallest absolute Gasteiger partial charge is 0.383 e. The maximum Gasteiger partial charge on any atom is 0.463 e. The topological polar surface area (TPSA) is 29.5 Å². The summed E-state index contributed by atoms with van der Waals surface area (Å²) in [4.78, 5) is 11.4. The zero-order chi connectivity index (χ0) is 13.7. The molecule has 0 rings (SSSR count). The van der Waals surface area contributed by atoms with E-state index in [9.17, 15) is 26.7 Å². The van der Waals surface area contributed by atoms with Gasteiger partial charge in [0.25, 0.3) is 0 Å². The van der Waals surface area contributed by atoms with Crippen LogP contribution in [-0.4, -0.2) is 49.7 Å². The highest BCUT2D eigenvalue weighted by atomic mass is 19.4.